The molecule has 2 aromatic rings. The van der Waals surface area contributed by atoms with Gasteiger partial charge in [0, 0.05) is 26.1 Å². The number of fused-ring (bicyclic) bond motifs is 1. The first-order valence-corrected chi connectivity index (χ1v) is 7.92. The number of para-hydroxylation sites is 1. The summed E-state index contributed by atoms with van der Waals surface area (Å²) in [7, 11) is 3.38. The van der Waals surface area contributed by atoms with Gasteiger partial charge in [0.2, 0.25) is 0 Å². The molecule has 1 aliphatic rings. The molecule has 5 heteroatoms. The molecule has 23 heavy (non-hydrogen) atoms. The summed E-state index contributed by atoms with van der Waals surface area (Å²) < 4.78 is 6.80. The lowest BCUT2D eigenvalue weighted by Crippen LogP contribution is -2.46. The topological polar surface area (TPSA) is 60.3 Å². The molecular formula is C18H22N2O3. The molecule has 5 nitrogen and oxygen atoms in total. The molecule has 1 N–H and O–H groups in total. The van der Waals surface area contributed by atoms with Crippen LogP contribution in [0.25, 0.3) is 10.9 Å². The van der Waals surface area contributed by atoms with E-state index in [1.165, 1.54) is 4.57 Å². The van der Waals surface area contributed by atoms with Gasteiger partial charge in [0.05, 0.1) is 12.1 Å². The van der Waals surface area contributed by atoms with Crippen molar-refractivity contribution in [2.45, 2.75) is 19.3 Å². The van der Waals surface area contributed by atoms with Gasteiger partial charge in [-0.3, -0.25) is 9.59 Å². The molecule has 0 atom stereocenters. The minimum atomic E-state index is -0.307. The number of benzene rings is 1. The number of aromatic nitrogens is 1. The highest BCUT2D eigenvalue weighted by Crippen LogP contribution is 2.40. The van der Waals surface area contributed by atoms with E-state index in [1.807, 2.05) is 24.3 Å². The molecule has 0 aliphatic heterocycles. The molecule has 1 amide bonds. The lowest BCUT2D eigenvalue weighted by molar-refractivity contribution is 0.0179. The molecule has 1 aromatic heterocycles. The first-order valence-electron chi connectivity index (χ1n) is 7.92. The maximum Gasteiger partial charge on any atom is 0.263 e. The Morgan fingerprint density at radius 3 is 2.74 bits per heavy atom. The molecule has 122 valence electrons. The smallest absolute Gasteiger partial charge is 0.263 e. The summed E-state index contributed by atoms with van der Waals surface area (Å²) in [5, 5.41) is 3.81. The Morgan fingerprint density at radius 2 is 2.09 bits per heavy atom. The number of carbonyl (C=O) groups excluding carboxylic acids is 1. The van der Waals surface area contributed by atoms with Gasteiger partial charge >= 0.3 is 0 Å². The van der Waals surface area contributed by atoms with Crippen LogP contribution in [0.5, 0.6) is 0 Å². The minimum Gasteiger partial charge on any atom is -0.384 e. The van der Waals surface area contributed by atoms with Crippen LogP contribution in [0.2, 0.25) is 0 Å². The van der Waals surface area contributed by atoms with Crippen LogP contribution in [-0.2, 0) is 11.8 Å². The van der Waals surface area contributed by atoms with Gasteiger partial charge in [-0.15, -0.1) is 0 Å². The van der Waals surface area contributed by atoms with E-state index >= 15 is 0 Å². The first-order chi connectivity index (χ1) is 11.1. The van der Waals surface area contributed by atoms with Crippen molar-refractivity contribution in [2.24, 2.45) is 12.5 Å². The molecule has 1 aliphatic carbocycles. The van der Waals surface area contributed by atoms with Gasteiger partial charge in [0.1, 0.15) is 5.56 Å². The fraction of sp³-hybridized carbons (Fsp3) is 0.444. The molecule has 0 spiro atoms. The van der Waals surface area contributed by atoms with E-state index in [0.717, 1.165) is 30.2 Å². The monoisotopic (exact) mass is 314 g/mol. The zero-order valence-corrected chi connectivity index (χ0v) is 13.6. The van der Waals surface area contributed by atoms with Crippen molar-refractivity contribution in [1.82, 2.24) is 9.88 Å². The normalized spacial score (nSPS) is 16.1. The first kappa shape index (κ1) is 15.7. The molecule has 1 saturated carbocycles. The standard InChI is InChI=1S/C18H22N2O3/c1-20-15-7-4-3-6-13(15)10-14(17(20)22)16(21)19-11-18(12-23-2)8-5-9-18/h3-4,6-7,10H,5,8-9,11-12H2,1-2H3,(H,19,21). The fourth-order valence-corrected chi connectivity index (χ4v) is 3.30. The van der Waals surface area contributed by atoms with Crippen molar-refractivity contribution < 1.29 is 9.53 Å². The van der Waals surface area contributed by atoms with Gasteiger partial charge in [-0.2, -0.15) is 0 Å². The van der Waals surface area contributed by atoms with Crippen molar-refractivity contribution in [2.75, 3.05) is 20.3 Å². The molecule has 0 saturated heterocycles. The molecular weight excluding hydrogens is 292 g/mol. The number of rotatable bonds is 5. The van der Waals surface area contributed by atoms with E-state index in [0.29, 0.717) is 13.2 Å². The molecule has 0 unspecified atom stereocenters. The van der Waals surface area contributed by atoms with E-state index in [1.54, 1.807) is 20.2 Å². The molecule has 1 aromatic carbocycles. The number of carbonyl (C=O) groups is 1. The molecule has 1 heterocycles. The Labute approximate surface area is 135 Å². The molecule has 1 fully saturated rings. The van der Waals surface area contributed by atoms with Crippen LogP contribution in [-0.4, -0.2) is 30.7 Å². The van der Waals surface area contributed by atoms with Gasteiger partial charge < -0.3 is 14.6 Å². The summed E-state index contributed by atoms with van der Waals surface area (Å²) in [5.41, 5.74) is 0.782. The minimum absolute atomic E-state index is 0.0342. The predicted octanol–water partition coefficient (Wildman–Crippen LogP) is 2.08. The maximum absolute atomic E-state index is 12.5. The van der Waals surface area contributed by atoms with Crippen molar-refractivity contribution >= 4 is 16.8 Å². The summed E-state index contributed by atoms with van der Waals surface area (Å²) in [5.74, 6) is -0.307. The lowest BCUT2D eigenvalue weighted by Gasteiger charge is -2.41. The highest BCUT2D eigenvalue weighted by molar-refractivity contribution is 5.97. The second-order valence-corrected chi connectivity index (χ2v) is 6.45. The number of amides is 1. The maximum atomic E-state index is 12.5. The predicted molar refractivity (Wildman–Crippen MR) is 89.7 cm³/mol. The van der Waals surface area contributed by atoms with E-state index in [4.69, 9.17) is 4.74 Å². The third-order valence-electron chi connectivity index (χ3n) is 4.87. The van der Waals surface area contributed by atoms with E-state index in [-0.39, 0.29) is 22.4 Å². The lowest BCUT2D eigenvalue weighted by atomic mass is 9.69. The molecule has 0 radical (unpaired) electrons. The van der Waals surface area contributed by atoms with Crippen LogP contribution in [0.1, 0.15) is 29.6 Å². The number of hydrogen-bond donors (Lipinski definition) is 1. The van der Waals surface area contributed by atoms with Crippen LogP contribution >= 0.6 is 0 Å². The van der Waals surface area contributed by atoms with Crippen LogP contribution in [0, 0.1) is 5.41 Å². The summed E-state index contributed by atoms with van der Waals surface area (Å²) in [6.45, 7) is 1.19. The molecule has 3 rings (SSSR count). The number of aryl methyl sites for hydroxylation is 1. The third kappa shape index (κ3) is 2.88. The Balaban J connectivity index is 1.84. The van der Waals surface area contributed by atoms with Crippen molar-refractivity contribution in [3.8, 4) is 0 Å². The number of nitrogens with one attached hydrogen (secondary N) is 1. The average molecular weight is 314 g/mol. The Kier molecular flexibility index (Phi) is 4.22. The van der Waals surface area contributed by atoms with Crippen LogP contribution in [0.15, 0.2) is 35.1 Å². The zero-order chi connectivity index (χ0) is 16.4. The largest absolute Gasteiger partial charge is 0.384 e. The zero-order valence-electron chi connectivity index (χ0n) is 13.6. The van der Waals surface area contributed by atoms with Gasteiger partial charge in [0.25, 0.3) is 11.5 Å². The van der Waals surface area contributed by atoms with Gasteiger partial charge in [0.15, 0.2) is 0 Å². The SMILES string of the molecule is COCC1(CNC(=O)c2cc3ccccc3n(C)c2=O)CCC1. The Bertz CT molecular complexity index is 790. The van der Waals surface area contributed by atoms with Gasteiger partial charge in [-0.1, -0.05) is 24.6 Å². The number of pyridine rings is 1. The summed E-state index contributed by atoms with van der Waals surface area (Å²) in [6, 6.07) is 9.24. The number of methoxy groups -OCH3 is 1. The molecule has 0 bridgehead atoms. The van der Waals surface area contributed by atoms with Crippen LogP contribution in [0.3, 0.4) is 0 Å². The number of ether oxygens (including phenoxy) is 1. The highest BCUT2D eigenvalue weighted by atomic mass is 16.5. The van der Waals surface area contributed by atoms with E-state index in [9.17, 15) is 9.59 Å². The van der Waals surface area contributed by atoms with Crippen molar-refractivity contribution in [3.05, 3.63) is 46.2 Å². The fourth-order valence-electron chi connectivity index (χ4n) is 3.30. The number of nitrogens with zero attached hydrogens (tertiary/aromatic N) is 1. The van der Waals surface area contributed by atoms with E-state index < -0.39 is 0 Å². The Morgan fingerprint density at radius 1 is 1.35 bits per heavy atom. The highest BCUT2D eigenvalue weighted by Gasteiger charge is 2.37. The van der Waals surface area contributed by atoms with Gasteiger partial charge in [-0.05, 0) is 30.4 Å². The van der Waals surface area contributed by atoms with E-state index in [2.05, 4.69) is 5.32 Å². The van der Waals surface area contributed by atoms with Crippen LogP contribution in [0.4, 0.5) is 0 Å². The van der Waals surface area contributed by atoms with Crippen molar-refractivity contribution in [3.63, 3.8) is 0 Å². The second-order valence-electron chi connectivity index (χ2n) is 6.45. The van der Waals surface area contributed by atoms with Crippen molar-refractivity contribution in [1.29, 1.82) is 0 Å². The van der Waals surface area contributed by atoms with Gasteiger partial charge in [-0.25, -0.2) is 0 Å². The quantitative estimate of drug-likeness (QED) is 0.919. The average Bonchev–Trinajstić information content (AvgIpc) is 2.53. The second kappa shape index (κ2) is 6.16. The summed E-state index contributed by atoms with van der Waals surface area (Å²) in [4.78, 5) is 24.9. The summed E-state index contributed by atoms with van der Waals surface area (Å²) in [6.07, 6.45) is 3.27. The number of hydrogen-bond acceptors (Lipinski definition) is 3. The Hall–Kier alpha value is -2.14. The summed E-state index contributed by atoms with van der Waals surface area (Å²) >= 11 is 0. The van der Waals surface area contributed by atoms with Crippen LogP contribution < -0.4 is 10.9 Å². The third-order valence-corrected chi connectivity index (χ3v) is 4.87.